The number of nitrogens with zero attached hydrogens (tertiary/aromatic N) is 1. The molecule has 0 bridgehead atoms. The maximum absolute atomic E-state index is 10.4. The first-order valence-electron chi connectivity index (χ1n) is 5.05. The highest BCUT2D eigenvalue weighted by Gasteiger charge is 2.09. The third-order valence-corrected chi connectivity index (χ3v) is 2.30. The van der Waals surface area contributed by atoms with Gasteiger partial charge in [0.2, 0.25) is 0 Å². The molecule has 0 heterocycles. The number of anilines is 1. The summed E-state index contributed by atoms with van der Waals surface area (Å²) in [5.41, 5.74) is 2.98. The van der Waals surface area contributed by atoms with Gasteiger partial charge < -0.3 is 14.7 Å². The van der Waals surface area contributed by atoms with Crippen molar-refractivity contribution in [3.05, 3.63) is 23.3 Å². The molecule has 0 radical (unpaired) electrons. The van der Waals surface area contributed by atoms with Gasteiger partial charge in [-0.25, -0.2) is 4.79 Å². The number of carboxylic acids is 1. The van der Waals surface area contributed by atoms with Crippen molar-refractivity contribution in [1.29, 1.82) is 0 Å². The molecule has 4 nitrogen and oxygen atoms in total. The highest BCUT2D eigenvalue weighted by atomic mass is 16.5. The lowest BCUT2D eigenvalue weighted by Crippen LogP contribution is -2.12. The Balaban J connectivity index is 2.98. The largest absolute Gasteiger partial charge is 0.481 e. The van der Waals surface area contributed by atoms with Crippen molar-refractivity contribution in [2.75, 3.05) is 25.6 Å². The van der Waals surface area contributed by atoms with E-state index in [4.69, 9.17) is 9.84 Å². The first kappa shape index (κ1) is 12.4. The second kappa shape index (κ2) is 4.88. The van der Waals surface area contributed by atoms with Crippen molar-refractivity contribution < 1.29 is 14.6 Å². The molecule has 16 heavy (non-hydrogen) atoms. The maximum atomic E-state index is 10.4. The number of hydrogen-bond acceptors (Lipinski definition) is 3. The quantitative estimate of drug-likeness (QED) is 0.846. The van der Waals surface area contributed by atoms with Gasteiger partial charge in [-0.3, -0.25) is 0 Å². The van der Waals surface area contributed by atoms with Gasteiger partial charge in [0.1, 0.15) is 5.75 Å². The first-order chi connectivity index (χ1) is 7.41. The summed E-state index contributed by atoms with van der Waals surface area (Å²) >= 11 is 0. The van der Waals surface area contributed by atoms with Crippen molar-refractivity contribution in [2.45, 2.75) is 13.8 Å². The SMILES string of the molecule is Cc1cc(N(C)C)cc(C)c1OCC(=O)O. The van der Waals surface area contributed by atoms with Crippen molar-refractivity contribution >= 4 is 11.7 Å². The maximum Gasteiger partial charge on any atom is 0.341 e. The minimum absolute atomic E-state index is 0.303. The number of ether oxygens (including phenoxy) is 1. The van der Waals surface area contributed by atoms with Gasteiger partial charge in [0, 0.05) is 19.8 Å². The van der Waals surface area contributed by atoms with Gasteiger partial charge >= 0.3 is 5.97 Å². The Kier molecular flexibility index (Phi) is 3.77. The Morgan fingerprint density at radius 1 is 1.31 bits per heavy atom. The standard InChI is InChI=1S/C12H17NO3/c1-8-5-10(13(3)4)6-9(2)12(8)16-7-11(14)15/h5-6H,7H2,1-4H3,(H,14,15). The number of aryl methyl sites for hydroxylation is 2. The molecule has 1 aromatic carbocycles. The average Bonchev–Trinajstić information content (AvgIpc) is 2.15. The second-order valence-electron chi connectivity index (χ2n) is 3.99. The molecule has 0 amide bonds. The zero-order valence-electron chi connectivity index (χ0n) is 10.1. The van der Waals surface area contributed by atoms with Crippen molar-refractivity contribution in [3.8, 4) is 5.75 Å². The number of hydrogen-bond donors (Lipinski definition) is 1. The van der Waals surface area contributed by atoms with E-state index in [-0.39, 0.29) is 6.61 Å². The van der Waals surface area contributed by atoms with E-state index in [0.29, 0.717) is 5.75 Å². The average molecular weight is 223 g/mol. The summed E-state index contributed by atoms with van der Waals surface area (Å²) in [6.07, 6.45) is 0. The third-order valence-electron chi connectivity index (χ3n) is 2.30. The Hall–Kier alpha value is -1.71. The van der Waals surface area contributed by atoms with E-state index in [1.165, 1.54) is 0 Å². The first-order valence-corrected chi connectivity index (χ1v) is 5.05. The van der Waals surface area contributed by atoms with Crippen LogP contribution in [0, 0.1) is 13.8 Å². The lowest BCUT2D eigenvalue weighted by molar-refractivity contribution is -0.139. The molecule has 0 saturated heterocycles. The van der Waals surface area contributed by atoms with E-state index in [1.807, 2.05) is 45.0 Å². The molecule has 0 aliphatic rings. The van der Waals surface area contributed by atoms with Gasteiger partial charge in [0.25, 0.3) is 0 Å². The molecule has 0 atom stereocenters. The van der Waals surface area contributed by atoms with Gasteiger partial charge in [-0.2, -0.15) is 0 Å². The molecule has 0 aliphatic heterocycles. The predicted octanol–water partition coefficient (Wildman–Crippen LogP) is 1.83. The van der Waals surface area contributed by atoms with Crippen LogP contribution in [0.5, 0.6) is 5.75 Å². The van der Waals surface area contributed by atoms with Gasteiger partial charge in [0.05, 0.1) is 0 Å². The van der Waals surface area contributed by atoms with Crippen molar-refractivity contribution in [1.82, 2.24) is 0 Å². The molecule has 0 fully saturated rings. The molecule has 0 aliphatic carbocycles. The Labute approximate surface area is 95.5 Å². The smallest absolute Gasteiger partial charge is 0.341 e. The van der Waals surface area contributed by atoms with E-state index < -0.39 is 5.97 Å². The summed E-state index contributed by atoms with van der Waals surface area (Å²) in [4.78, 5) is 12.4. The molecule has 1 rings (SSSR count). The number of rotatable bonds is 4. The van der Waals surface area contributed by atoms with Crippen LogP contribution in [0.3, 0.4) is 0 Å². The van der Waals surface area contributed by atoms with Crippen LogP contribution in [-0.2, 0) is 4.79 Å². The van der Waals surface area contributed by atoms with Crippen molar-refractivity contribution in [2.24, 2.45) is 0 Å². The van der Waals surface area contributed by atoms with E-state index in [1.54, 1.807) is 0 Å². The fourth-order valence-corrected chi connectivity index (χ4v) is 1.55. The fourth-order valence-electron chi connectivity index (χ4n) is 1.55. The van der Waals surface area contributed by atoms with Gasteiger partial charge in [-0.05, 0) is 37.1 Å². The minimum Gasteiger partial charge on any atom is -0.481 e. The zero-order valence-corrected chi connectivity index (χ0v) is 10.1. The molecule has 0 saturated carbocycles. The van der Waals surface area contributed by atoms with Gasteiger partial charge in [-0.1, -0.05) is 0 Å². The molecule has 0 spiro atoms. The second-order valence-corrected chi connectivity index (χ2v) is 3.99. The van der Waals surface area contributed by atoms with Crippen LogP contribution >= 0.6 is 0 Å². The number of carbonyl (C=O) groups is 1. The van der Waals surface area contributed by atoms with Crippen LogP contribution in [0.25, 0.3) is 0 Å². The monoisotopic (exact) mass is 223 g/mol. The normalized spacial score (nSPS) is 10.0. The molecule has 4 heteroatoms. The summed E-state index contributed by atoms with van der Waals surface area (Å²) in [5, 5.41) is 8.57. The lowest BCUT2D eigenvalue weighted by Gasteiger charge is -2.17. The van der Waals surface area contributed by atoms with Gasteiger partial charge in [0.15, 0.2) is 6.61 Å². The zero-order chi connectivity index (χ0) is 12.3. The molecular weight excluding hydrogens is 206 g/mol. The van der Waals surface area contributed by atoms with Crippen LogP contribution in [-0.4, -0.2) is 31.8 Å². The van der Waals surface area contributed by atoms with Crippen LogP contribution in [0.4, 0.5) is 5.69 Å². The Bertz CT molecular complexity index is 376. The molecular formula is C12H17NO3. The molecule has 1 N–H and O–H groups in total. The van der Waals surface area contributed by atoms with E-state index in [2.05, 4.69) is 0 Å². The topological polar surface area (TPSA) is 49.8 Å². The molecule has 1 aromatic rings. The van der Waals surface area contributed by atoms with E-state index in [0.717, 1.165) is 16.8 Å². The molecule has 0 unspecified atom stereocenters. The van der Waals surface area contributed by atoms with Crippen LogP contribution in [0.1, 0.15) is 11.1 Å². The van der Waals surface area contributed by atoms with Crippen LogP contribution in [0.15, 0.2) is 12.1 Å². The summed E-state index contributed by atoms with van der Waals surface area (Å²) < 4.78 is 5.25. The van der Waals surface area contributed by atoms with E-state index >= 15 is 0 Å². The molecule has 0 aromatic heterocycles. The molecule has 88 valence electrons. The van der Waals surface area contributed by atoms with E-state index in [9.17, 15) is 4.79 Å². The van der Waals surface area contributed by atoms with Crippen LogP contribution in [0.2, 0.25) is 0 Å². The van der Waals surface area contributed by atoms with Crippen LogP contribution < -0.4 is 9.64 Å². The fraction of sp³-hybridized carbons (Fsp3) is 0.417. The summed E-state index contributed by atoms with van der Waals surface area (Å²) in [5.74, 6) is -0.302. The number of aliphatic carboxylic acids is 1. The van der Waals surface area contributed by atoms with Gasteiger partial charge in [-0.15, -0.1) is 0 Å². The summed E-state index contributed by atoms with van der Waals surface area (Å²) in [6.45, 7) is 3.53. The van der Waals surface area contributed by atoms with Crippen molar-refractivity contribution in [3.63, 3.8) is 0 Å². The number of benzene rings is 1. The Morgan fingerprint density at radius 3 is 2.19 bits per heavy atom. The summed E-state index contributed by atoms with van der Waals surface area (Å²) in [6, 6.07) is 3.95. The third kappa shape index (κ3) is 2.89. The lowest BCUT2D eigenvalue weighted by atomic mass is 10.1. The predicted molar refractivity (Wildman–Crippen MR) is 63.4 cm³/mol. The minimum atomic E-state index is -0.963. The number of carboxylic acid groups (broad SMARTS) is 1. The Morgan fingerprint density at radius 2 is 1.81 bits per heavy atom. The highest BCUT2D eigenvalue weighted by Crippen LogP contribution is 2.28. The highest BCUT2D eigenvalue weighted by molar-refractivity contribution is 5.69. The summed E-state index contributed by atoms with van der Waals surface area (Å²) in [7, 11) is 3.93.